The molecular weight excluding hydrogens is 286 g/mol. The number of hydrogen-bond donors (Lipinski definition) is 1. The molecule has 0 bridgehead atoms. The van der Waals surface area contributed by atoms with Crippen LogP contribution in [-0.2, 0) is 6.54 Å². The molecule has 0 saturated heterocycles. The Labute approximate surface area is 134 Å². The molecule has 1 rings (SSSR count). The zero-order chi connectivity index (χ0) is 16.0. The molecule has 0 aliphatic carbocycles. The van der Waals surface area contributed by atoms with E-state index in [1.807, 2.05) is 12.1 Å². The normalized spacial score (nSPS) is 11.8. The maximum Gasteiger partial charge on any atom is 0.179 e. The standard InChI is InChI=1S/C17H28ClNO2/c1-12(2)19-11-13-9-14(18)16(15(10-13)20-6)21-8-7-17(3,4)5/h9-10,12,19H,7-8,11H2,1-6H3. The molecule has 0 saturated carbocycles. The van der Waals surface area contributed by atoms with Crippen LogP contribution in [0.2, 0.25) is 5.02 Å². The fourth-order valence-corrected chi connectivity index (χ4v) is 2.08. The van der Waals surface area contributed by atoms with Crippen molar-refractivity contribution in [1.29, 1.82) is 0 Å². The van der Waals surface area contributed by atoms with E-state index in [0.29, 0.717) is 29.2 Å². The van der Waals surface area contributed by atoms with Crippen LogP contribution in [0.15, 0.2) is 12.1 Å². The van der Waals surface area contributed by atoms with Gasteiger partial charge in [-0.05, 0) is 29.5 Å². The van der Waals surface area contributed by atoms with Crippen LogP contribution in [-0.4, -0.2) is 19.8 Å². The molecule has 0 fully saturated rings. The van der Waals surface area contributed by atoms with E-state index < -0.39 is 0 Å². The SMILES string of the molecule is COc1cc(CNC(C)C)cc(Cl)c1OCCC(C)(C)C. The second kappa shape index (κ2) is 7.90. The lowest BCUT2D eigenvalue weighted by atomic mass is 9.93. The molecule has 0 heterocycles. The van der Waals surface area contributed by atoms with Crippen molar-refractivity contribution in [2.24, 2.45) is 5.41 Å². The van der Waals surface area contributed by atoms with Gasteiger partial charge in [0.15, 0.2) is 11.5 Å². The van der Waals surface area contributed by atoms with Gasteiger partial charge in [-0.25, -0.2) is 0 Å². The highest BCUT2D eigenvalue weighted by Crippen LogP contribution is 2.37. The van der Waals surface area contributed by atoms with Crippen LogP contribution in [0.5, 0.6) is 11.5 Å². The topological polar surface area (TPSA) is 30.5 Å². The van der Waals surface area contributed by atoms with E-state index in [-0.39, 0.29) is 5.41 Å². The summed E-state index contributed by atoms with van der Waals surface area (Å²) in [7, 11) is 1.64. The summed E-state index contributed by atoms with van der Waals surface area (Å²) in [5.74, 6) is 1.33. The third kappa shape index (κ3) is 6.58. The van der Waals surface area contributed by atoms with E-state index in [2.05, 4.69) is 39.9 Å². The van der Waals surface area contributed by atoms with E-state index in [1.54, 1.807) is 7.11 Å². The van der Waals surface area contributed by atoms with Crippen molar-refractivity contribution in [3.8, 4) is 11.5 Å². The Kier molecular flexibility index (Phi) is 6.82. The molecule has 0 aliphatic heterocycles. The molecule has 4 heteroatoms. The molecule has 0 spiro atoms. The highest BCUT2D eigenvalue weighted by molar-refractivity contribution is 6.32. The molecule has 0 unspecified atom stereocenters. The third-order valence-corrected chi connectivity index (χ3v) is 3.38. The van der Waals surface area contributed by atoms with Gasteiger partial charge in [0.1, 0.15) is 0 Å². The van der Waals surface area contributed by atoms with Gasteiger partial charge in [-0.1, -0.05) is 46.2 Å². The Hall–Kier alpha value is -0.930. The number of benzene rings is 1. The van der Waals surface area contributed by atoms with E-state index in [0.717, 1.165) is 18.5 Å². The van der Waals surface area contributed by atoms with Crippen LogP contribution in [0.25, 0.3) is 0 Å². The molecular formula is C17H28ClNO2. The number of halogens is 1. The first-order chi connectivity index (χ1) is 9.73. The zero-order valence-corrected chi connectivity index (χ0v) is 14.8. The van der Waals surface area contributed by atoms with Gasteiger partial charge in [0.25, 0.3) is 0 Å². The minimum absolute atomic E-state index is 0.237. The Morgan fingerprint density at radius 1 is 1.24 bits per heavy atom. The van der Waals surface area contributed by atoms with E-state index in [1.165, 1.54) is 0 Å². The van der Waals surface area contributed by atoms with Gasteiger partial charge in [-0.15, -0.1) is 0 Å². The Balaban J connectivity index is 2.79. The second-order valence-corrected chi connectivity index (χ2v) is 7.21. The van der Waals surface area contributed by atoms with Gasteiger partial charge >= 0.3 is 0 Å². The fourth-order valence-electron chi connectivity index (χ4n) is 1.80. The van der Waals surface area contributed by atoms with Crippen LogP contribution in [0.4, 0.5) is 0 Å². The third-order valence-electron chi connectivity index (χ3n) is 3.10. The monoisotopic (exact) mass is 313 g/mol. The van der Waals surface area contributed by atoms with Crippen LogP contribution in [0, 0.1) is 5.41 Å². The number of hydrogen-bond acceptors (Lipinski definition) is 3. The van der Waals surface area contributed by atoms with Crippen molar-refractivity contribution in [1.82, 2.24) is 5.32 Å². The molecule has 21 heavy (non-hydrogen) atoms. The first-order valence-electron chi connectivity index (χ1n) is 7.45. The first-order valence-corrected chi connectivity index (χ1v) is 7.83. The van der Waals surface area contributed by atoms with Crippen molar-refractivity contribution < 1.29 is 9.47 Å². The number of rotatable bonds is 7. The molecule has 0 aromatic heterocycles. The highest BCUT2D eigenvalue weighted by atomic mass is 35.5. The zero-order valence-electron chi connectivity index (χ0n) is 14.0. The molecule has 0 aliphatic rings. The van der Waals surface area contributed by atoms with Crippen molar-refractivity contribution in [3.05, 3.63) is 22.7 Å². The lowest BCUT2D eigenvalue weighted by molar-refractivity contribution is 0.234. The van der Waals surface area contributed by atoms with Crippen LogP contribution in [0.3, 0.4) is 0 Å². The average molecular weight is 314 g/mol. The Morgan fingerprint density at radius 2 is 1.90 bits per heavy atom. The summed E-state index contributed by atoms with van der Waals surface area (Å²) in [5.41, 5.74) is 1.33. The Morgan fingerprint density at radius 3 is 2.43 bits per heavy atom. The van der Waals surface area contributed by atoms with Gasteiger partial charge < -0.3 is 14.8 Å². The van der Waals surface area contributed by atoms with E-state index in [9.17, 15) is 0 Å². The second-order valence-electron chi connectivity index (χ2n) is 6.80. The molecule has 0 radical (unpaired) electrons. The lowest BCUT2D eigenvalue weighted by Crippen LogP contribution is -2.21. The summed E-state index contributed by atoms with van der Waals surface area (Å²) in [6, 6.07) is 4.34. The predicted octanol–water partition coefficient (Wildman–Crippen LogP) is 4.66. The first kappa shape index (κ1) is 18.1. The van der Waals surface area contributed by atoms with E-state index in [4.69, 9.17) is 21.1 Å². The molecule has 0 amide bonds. The minimum atomic E-state index is 0.237. The number of nitrogens with one attached hydrogen (secondary N) is 1. The van der Waals surface area contributed by atoms with Crippen molar-refractivity contribution in [2.45, 2.75) is 53.6 Å². The molecule has 1 aromatic carbocycles. The van der Waals surface area contributed by atoms with Gasteiger partial charge in [-0.3, -0.25) is 0 Å². The number of ether oxygens (including phenoxy) is 2. The van der Waals surface area contributed by atoms with E-state index >= 15 is 0 Å². The number of methoxy groups -OCH3 is 1. The summed E-state index contributed by atoms with van der Waals surface area (Å²) in [5, 5.41) is 3.97. The maximum atomic E-state index is 6.35. The minimum Gasteiger partial charge on any atom is -0.493 e. The summed E-state index contributed by atoms with van der Waals surface area (Å²) >= 11 is 6.35. The van der Waals surface area contributed by atoms with Gasteiger partial charge in [-0.2, -0.15) is 0 Å². The van der Waals surface area contributed by atoms with Crippen molar-refractivity contribution >= 4 is 11.6 Å². The molecule has 1 aromatic rings. The van der Waals surface area contributed by atoms with Crippen molar-refractivity contribution in [3.63, 3.8) is 0 Å². The smallest absolute Gasteiger partial charge is 0.179 e. The van der Waals surface area contributed by atoms with Crippen molar-refractivity contribution in [2.75, 3.05) is 13.7 Å². The lowest BCUT2D eigenvalue weighted by Gasteiger charge is -2.20. The Bertz CT molecular complexity index is 453. The largest absolute Gasteiger partial charge is 0.493 e. The maximum absolute atomic E-state index is 6.35. The average Bonchev–Trinajstić information content (AvgIpc) is 2.36. The predicted molar refractivity (Wildman–Crippen MR) is 89.5 cm³/mol. The van der Waals surface area contributed by atoms with Gasteiger partial charge in [0.05, 0.1) is 18.7 Å². The summed E-state index contributed by atoms with van der Waals surface area (Å²) in [6.07, 6.45) is 0.961. The summed E-state index contributed by atoms with van der Waals surface area (Å²) < 4.78 is 11.3. The van der Waals surface area contributed by atoms with Crippen LogP contribution < -0.4 is 14.8 Å². The quantitative estimate of drug-likeness (QED) is 0.794. The van der Waals surface area contributed by atoms with Gasteiger partial charge in [0, 0.05) is 12.6 Å². The molecule has 1 N–H and O–H groups in total. The van der Waals surface area contributed by atoms with Crippen LogP contribution >= 0.6 is 11.6 Å². The van der Waals surface area contributed by atoms with Gasteiger partial charge in [0.2, 0.25) is 0 Å². The molecule has 120 valence electrons. The molecule has 0 atom stereocenters. The summed E-state index contributed by atoms with van der Waals surface area (Å²) in [6.45, 7) is 12.2. The highest BCUT2D eigenvalue weighted by Gasteiger charge is 2.15. The molecule has 3 nitrogen and oxygen atoms in total. The van der Waals surface area contributed by atoms with Crippen LogP contribution in [0.1, 0.15) is 46.6 Å². The fraction of sp³-hybridized carbons (Fsp3) is 0.647. The summed E-state index contributed by atoms with van der Waals surface area (Å²) in [4.78, 5) is 0.